The van der Waals surface area contributed by atoms with Crippen molar-refractivity contribution in [2.45, 2.75) is 6.92 Å². The van der Waals surface area contributed by atoms with Crippen LogP contribution < -0.4 is 5.32 Å². The van der Waals surface area contributed by atoms with Gasteiger partial charge in [-0.1, -0.05) is 12.1 Å². The van der Waals surface area contributed by atoms with E-state index in [-0.39, 0.29) is 17.9 Å². The van der Waals surface area contributed by atoms with Crippen molar-refractivity contribution < 1.29 is 19.3 Å². The zero-order valence-corrected chi connectivity index (χ0v) is 11.0. The highest BCUT2D eigenvalue weighted by Crippen LogP contribution is 2.17. The van der Waals surface area contributed by atoms with Crippen LogP contribution in [0.3, 0.4) is 0 Å². The van der Waals surface area contributed by atoms with Crippen molar-refractivity contribution >= 4 is 29.5 Å². The van der Waals surface area contributed by atoms with Crippen LogP contribution in [0.2, 0.25) is 0 Å². The number of nitrogens with one attached hydrogen (secondary N) is 1. The second kappa shape index (κ2) is 5.53. The van der Waals surface area contributed by atoms with E-state index in [0.29, 0.717) is 5.56 Å². The summed E-state index contributed by atoms with van der Waals surface area (Å²) in [6.07, 6.45) is 1.29. The number of nitrogens with zero attached hydrogens (tertiary/aromatic N) is 2. The topological polar surface area (TPSA) is 110 Å². The normalized spacial score (nSPS) is 16.8. The third kappa shape index (κ3) is 3.11. The summed E-state index contributed by atoms with van der Waals surface area (Å²) in [7, 11) is 0. The Morgan fingerprint density at radius 1 is 1.43 bits per heavy atom. The number of hydrogen-bond donors (Lipinski definition) is 1. The van der Waals surface area contributed by atoms with Gasteiger partial charge in [-0.2, -0.15) is 0 Å². The minimum atomic E-state index is -0.645. The molecule has 0 spiro atoms. The Morgan fingerprint density at radius 2 is 2.14 bits per heavy atom. The van der Waals surface area contributed by atoms with Gasteiger partial charge in [-0.15, -0.1) is 0 Å². The van der Waals surface area contributed by atoms with Crippen LogP contribution in [0.25, 0.3) is 6.08 Å². The number of amides is 3. The first-order valence-corrected chi connectivity index (χ1v) is 5.97. The van der Waals surface area contributed by atoms with E-state index in [1.54, 1.807) is 6.07 Å². The first kappa shape index (κ1) is 14.4. The highest BCUT2D eigenvalue weighted by molar-refractivity contribution is 6.12. The van der Waals surface area contributed by atoms with Crippen molar-refractivity contribution in [2.24, 2.45) is 0 Å². The van der Waals surface area contributed by atoms with E-state index >= 15 is 0 Å². The lowest BCUT2D eigenvalue weighted by molar-refractivity contribution is -0.384. The van der Waals surface area contributed by atoms with Crippen molar-refractivity contribution in [1.82, 2.24) is 10.2 Å². The number of nitro groups is 1. The van der Waals surface area contributed by atoms with Crippen molar-refractivity contribution in [1.29, 1.82) is 0 Å². The van der Waals surface area contributed by atoms with Crippen molar-refractivity contribution in [3.63, 3.8) is 0 Å². The van der Waals surface area contributed by atoms with Gasteiger partial charge in [0.2, 0.25) is 11.8 Å². The Balaban J connectivity index is 2.37. The highest BCUT2D eigenvalue weighted by Gasteiger charge is 2.30. The molecule has 0 unspecified atom stereocenters. The van der Waals surface area contributed by atoms with E-state index in [4.69, 9.17) is 0 Å². The van der Waals surface area contributed by atoms with E-state index in [1.165, 1.54) is 31.2 Å². The molecule has 0 aromatic heterocycles. The minimum absolute atomic E-state index is 0.0954. The van der Waals surface area contributed by atoms with Crippen molar-refractivity contribution in [2.75, 3.05) is 6.54 Å². The molecule has 1 heterocycles. The van der Waals surface area contributed by atoms with Gasteiger partial charge in [0.25, 0.3) is 11.6 Å². The Bertz CT molecular complexity index is 680. The molecule has 1 fully saturated rings. The number of nitro benzene ring substituents is 1. The first-order chi connectivity index (χ1) is 9.88. The molecule has 3 amide bonds. The lowest BCUT2D eigenvalue weighted by atomic mass is 10.1. The number of carbonyl (C=O) groups excluding carboxylic acids is 3. The predicted octanol–water partition coefficient (Wildman–Crippen LogP) is 0.441. The molecule has 1 aromatic rings. The summed E-state index contributed by atoms with van der Waals surface area (Å²) >= 11 is 0. The fourth-order valence-electron chi connectivity index (χ4n) is 1.85. The number of rotatable bonds is 2. The molecular formula is C13H11N3O5. The van der Waals surface area contributed by atoms with Crippen LogP contribution in [0, 0.1) is 10.1 Å². The number of hydrogen-bond acceptors (Lipinski definition) is 5. The fourth-order valence-corrected chi connectivity index (χ4v) is 1.85. The number of imide groups is 1. The minimum Gasteiger partial charge on any atom is -0.320 e. The van der Waals surface area contributed by atoms with E-state index < -0.39 is 22.6 Å². The molecule has 8 heteroatoms. The second-order valence-corrected chi connectivity index (χ2v) is 4.37. The Hall–Kier alpha value is -3.03. The maximum atomic E-state index is 12.0. The summed E-state index contributed by atoms with van der Waals surface area (Å²) in [5, 5.41) is 13.1. The molecule has 0 aliphatic carbocycles. The van der Waals surface area contributed by atoms with Gasteiger partial charge in [0.05, 0.1) is 4.92 Å². The van der Waals surface area contributed by atoms with Crippen LogP contribution in [0.5, 0.6) is 0 Å². The van der Waals surface area contributed by atoms with Gasteiger partial charge >= 0.3 is 0 Å². The van der Waals surface area contributed by atoms with Gasteiger partial charge in [-0.05, 0) is 11.6 Å². The Labute approximate surface area is 119 Å². The predicted molar refractivity (Wildman–Crippen MR) is 71.6 cm³/mol. The summed E-state index contributed by atoms with van der Waals surface area (Å²) in [6, 6.07) is 5.58. The first-order valence-electron chi connectivity index (χ1n) is 5.97. The average molecular weight is 289 g/mol. The van der Waals surface area contributed by atoms with Crippen LogP contribution in [0.15, 0.2) is 30.0 Å². The van der Waals surface area contributed by atoms with Crippen molar-refractivity contribution in [3.8, 4) is 0 Å². The molecule has 1 aliphatic rings. The fraction of sp³-hybridized carbons (Fsp3) is 0.154. The molecule has 0 radical (unpaired) electrons. The molecule has 1 saturated heterocycles. The monoisotopic (exact) mass is 289 g/mol. The number of carbonyl (C=O) groups is 3. The summed E-state index contributed by atoms with van der Waals surface area (Å²) in [6.45, 7) is 0.849. The SMILES string of the molecule is CC(=O)N1CC(=O)N/C(=C\c2cccc([N+](=O)[O-])c2)C1=O. The van der Waals surface area contributed by atoms with Crippen LogP contribution in [0.4, 0.5) is 5.69 Å². The summed E-state index contributed by atoms with van der Waals surface area (Å²) in [5.74, 6) is -1.69. The molecule has 108 valence electrons. The zero-order chi connectivity index (χ0) is 15.6. The van der Waals surface area contributed by atoms with E-state index in [1.807, 2.05) is 0 Å². The van der Waals surface area contributed by atoms with Gasteiger partial charge in [-0.3, -0.25) is 29.4 Å². The maximum absolute atomic E-state index is 12.0. The lowest BCUT2D eigenvalue weighted by Gasteiger charge is -2.25. The molecular weight excluding hydrogens is 278 g/mol. The molecule has 0 bridgehead atoms. The van der Waals surface area contributed by atoms with Gasteiger partial charge in [0.15, 0.2) is 0 Å². The summed E-state index contributed by atoms with van der Waals surface area (Å²) < 4.78 is 0. The summed E-state index contributed by atoms with van der Waals surface area (Å²) in [4.78, 5) is 45.8. The smallest absolute Gasteiger partial charge is 0.277 e. The van der Waals surface area contributed by atoms with Crippen LogP contribution in [0.1, 0.15) is 12.5 Å². The standard InChI is InChI=1S/C13H11N3O5/c1-8(17)15-7-12(18)14-11(13(15)19)6-9-3-2-4-10(5-9)16(20)21/h2-6H,7H2,1H3,(H,14,18)/b11-6-. The molecule has 0 saturated carbocycles. The number of benzene rings is 1. The number of piperazine rings is 1. The maximum Gasteiger partial charge on any atom is 0.277 e. The third-order valence-corrected chi connectivity index (χ3v) is 2.82. The summed E-state index contributed by atoms with van der Waals surface area (Å²) in [5.41, 5.74) is 0.141. The van der Waals surface area contributed by atoms with Crippen LogP contribution in [-0.4, -0.2) is 34.1 Å². The van der Waals surface area contributed by atoms with Crippen molar-refractivity contribution in [3.05, 3.63) is 45.6 Å². The Morgan fingerprint density at radius 3 is 2.76 bits per heavy atom. The average Bonchev–Trinajstić information content (AvgIpc) is 2.42. The molecule has 8 nitrogen and oxygen atoms in total. The molecule has 1 N–H and O–H groups in total. The van der Waals surface area contributed by atoms with E-state index in [2.05, 4.69) is 5.32 Å². The van der Waals surface area contributed by atoms with E-state index in [0.717, 1.165) is 4.90 Å². The molecule has 1 aliphatic heterocycles. The second-order valence-electron chi connectivity index (χ2n) is 4.37. The van der Waals surface area contributed by atoms with Gasteiger partial charge in [0.1, 0.15) is 12.2 Å². The number of non-ortho nitro benzene ring substituents is 1. The quantitative estimate of drug-likeness (QED) is 0.482. The van der Waals surface area contributed by atoms with Gasteiger partial charge in [-0.25, -0.2) is 0 Å². The zero-order valence-electron chi connectivity index (χ0n) is 11.0. The third-order valence-electron chi connectivity index (χ3n) is 2.82. The highest BCUT2D eigenvalue weighted by atomic mass is 16.6. The molecule has 2 rings (SSSR count). The Kier molecular flexibility index (Phi) is 3.79. The molecule has 1 aromatic carbocycles. The van der Waals surface area contributed by atoms with Gasteiger partial charge < -0.3 is 5.32 Å². The van der Waals surface area contributed by atoms with Crippen LogP contribution in [-0.2, 0) is 14.4 Å². The van der Waals surface area contributed by atoms with Gasteiger partial charge in [0, 0.05) is 19.1 Å². The lowest BCUT2D eigenvalue weighted by Crippen LogP contribution is -2.51. The largest absolute Gasteiger partial charge is 0.320 e. The van der Waals surface area contributed by atoms with E-state index in [9.17, 15) is 24.5 Å². The molecule has 21 heavy (non-hydrogen) atoms. The van der Waals surface area contributed by atoms with Crippen LogP contribution >= 0.6 is 0 Å². The molecule has 0 atom stereocenters.